The Kier molecular flexibility index (Phi) is 3.52. The highest BCUT2D eigenvalue weighted by Crippen LogP contribution is 2.28. The van der Waals surface area contributed by atoms with Crippen LogP contribution in [0.15, 0.2) is 18.2 Å². The molecule has 0 aromatic heterocycles. The van der Waals surface area contributed by atoms with Crippen LogP contribution in [0, 0.1) is 11.7 Å². The summed E-state index contributed by atoms with van der Waals surface area (Å²) in [6.45, 7) is 1.42. The second kappa shape index (κ2) is 4.92. The molecule has 0 aliphatic carbocycles. The molecule has 3 nitrogen and oxygen atoms in total. The van der Waals surface area contributed by atoms with Gasteiger partial charge in [-0.1, -0.05) is 11.6 Å². The van der Waals surface area contributed by atoms with Crippen molar-refractivity contribution in [3.8, 4) is 0 Å². The number of carboxylic acids is 1. The van der Waals surface area contributed by atoms with Crippen LogP contribution >= 0.6 is 11.6 Å². The van der Waals surface area contributed by atoms with Crippen LogP contribution in [0.4, 0.5) is 10.1 Å². The van der Waals surface area contributed by atoms with Gasteiger partial charge in [-0.25, -0.2) is 4.39 Å². The minimum absolute atomic E-state index is 0.107. The summed E-state index contributed by atoms with van der Waals surface area (Å²) in [7, 11) is 0. The van der Waals surface area contributed by atoms with Gasteiger partial charge in [0.1, 0.15) is 5.82 Å². The highest BCUT2D eigenvalue weighted by molar-refractivity contribution is 6.30. The molecule has 1 aliphatic rings. The van der Waals surface area contributed by atoms with Crippen LogP contribution in [-0.4, -0.2) is 24.2 Å². The normalized spacial score (nSPS) is 19.6. The molecule has 1 heterocycles. The molecule has 92 valence electrons. The SMILES string of the molecule is O=C(O)C[C@@H]1CCN(c2ccc(Cl)c(F)c2)C1. The summed E-state index contributed by atoms with van der Waals surface area (Å²) >= 11 is 5.61. The number of rotatable bonds is 3. The zero-order valence-corrected chi connectivity index (χ0v) is 9.95. The Balaban J connectivity index is 2.04. The van der Waals surface area contributed by atoms with Crippen LogP contribution < -0.4 is 4.90 Å². The van der Waals surface area contributed by atoms with E-state index < -0.39 is 11.8 Å². The molecule has 1 saturated heterocycles. The summed E-state index contributed by atoms with van der Waals surface area (Å²) in [5.41, 5.74) is 0.764. The molecule has 17 heavy (non-hydrogen) atoms. The van der Waals surface area contributed by atoms with Crippen LogP contribution in [0.25, 0.3) is 0 Å². The number of carboxylic acid groups (broad SMARTS) is 1. The molecule has 5 heteroatoms. The number of hydrogen-bond donors (Lipinski definition) is 1. The van der Waals surface area contributed by atoms with E-state index in [1.54, 1.807) is 6.07 Å². The zero-order chi connectivity index (χ0) is 12.4. The molecule has 0 amide bonds. The fraction of sp³-hybridized carbons (Fsp3) is 0.417. The van der Waals surface area contributed by atoms with Gasteiger partial charge in [0, 0.05) is 25.2 Å². The van der Waals surface area contributed by atoms with E-state index in [1.807, 2.05) is 4.90 Å². The topological polar surface area (TPSA) is 40.5 Å². The number of benzene rings is 1. The van der Waals surface area contributed by atoms with Gasteiger partial charge in [0.2, 0.25) is 0 Å². The molecular weight excluding hydrogens is 245 g/mol. The smallest absolute Gasteiger partial charge is 0.303 e. The second-order valence-electron chi connectivity index (χ2n) is 4.30. The molecule has 1 aliphatic heterocycles. The van der Waals surface area contributed by atoms with Crippen LogP contribution in [0.3, 0.4) is 0 Å². The molecule has 0 spiro atoms. The van der Waals surface area contributed by atoms with Gasteiger partial charge in [0.15, 0.2) is 0 Å². The van der Waals surface area contributed by atoms with Crippen molar-refractivity contribution in [3.63, 3.8) is 0 Å². The Labute approximate surface area is 104 Å². The molecule has 0 bridgehead atoms. The van der Waals surface area contributed by atoms with Crippen LogP contribution in [0.1, 0.15) is 12.8 Å². The minimum Gasteiger partial charge on any atom is -0.481 e. The van der Waals surface area contributed by atoms with Crippen molar-refractivity contribution in [2.24, 2.45) is 5.92 Å². The summed E-state index contributed by atoms with van der Waals surface area (Å²) in [6.07, 6.45) is 1.00. The summed E-state index contributed by atoms with van der Waals surface area (Å²) in [6, 6.07) is 4.68. The van der Waals surface area contributed by atoms with Gasteiger partial charge < -0.3 is 10.0 Å². The van der Waals surface area contributed by atoms with E-state index in [0.29, 0.717) is 6.54 Å². The summed E-state index contributed by atoms with van der Waals surface area (Å²) in [5.74, 6) is -1.07. The number of aliphatic carboxylic acids is 1. The molecule has 1 N–H and O–H groups in total. The van der Waals surface area contributed by atoms with Crippen molar-refractivity contribution >= 4 is 23.3 Å². The average Bonchev–Trinajstić information content (AvgIpc) is 2.69. The average molecular weight is 258 g/mol. The maximum absolute atomic E-state index is 13.3. The highest BCUT2D eigenvalue weighted by Gasteiger charge is 2.24. The molecule has 0 saturated carbocycles. The largest absolute Gasteiger partial charge is 0.481 e. The van der Waals surface area contributed by atoms with Crippen LogP contribution in [0.5, 0.6) is 0 Å². The number of carbonyl (C=O) groups is 1. The van der Waals surface area contributed by atoms with Crippen molar-refractivity contribution in [1.82, 2.24) is 0 Å². The monoisotopic (exact) mass is 257 g/mol. The van der Waals surface area contributed by atoms with Crippen LogP contribution in [0.2, 0.25) is 5.02 Å². The summed E-state index contributed by atoms with van der Waals surface area (Å²) < 4.78 is 13.3. The molecule has 0 radical (unpaired) electrons. The first-order valence-corrected chi connectivity index (χ1v) is 5.86. The van der Waals surface area contributed by atoms with Crippen molar-refractivity contribution < 1.29 is 14.3 Å². The Morgan fingerprint density at radius 2 is 2.35 bits per heavy atom. The van der Waals surface area contributed by atoms with Crippen molar-refractivity contribution in [2.45, 2.75) is 12.8 Å². The lowest BCUT2D eigenvalue weighted by Gasteiger charge is -2.18. The standard InChI is InChI=1S/C12H13ClFNO2/c13-10-2-1-9(6-11(10)14)15-4-3-8(7-15)5-12(16)17/h1-2,6,8H,3-5,7H2,(H,16,17)/t8-/m0/s1. The predicted molar refractivity (Wildman–Crippen MR) is 64.0 cm³/mol. The highest BCUT2D eigenvalue weighted by atomic mass is 35.5. The van der Waals surface area contributed by atoms with E-state index in [-0.39, 0.29) is 17.4 Å². The molecular formula is C12H13ClFNO2. The quantitative estimate of drug-likeness (QED) is 0.905. The summed E-state index contributed by atoms with van der Waals surface area (Å²) in [4.78, 5) is 12.6. The maximum atomic E-state index is 13.3. The van der Waals surface area contributed by atoms with Gasteiger partial charge in [0.05, 0.1) is 5.02 Å². The van der Waals surface area contributed by atoms with Crippen molar-refractivity contribution in [3.05, 3.63) is 29.0 Å². The van der Waals surface area contributed by atoms with Gasteiger partial charge in [0.25, 0.3) is 0 Å². The minimum atomic E-state index is -0.779. The maximum Gasteiger partial charge on any atom is 0.303 e. The summed E-state index contributed by atoms with van der Waals surface area (Å²) in [5, 5.41) is 8.82. The zero-order valence-electron chi connectivity index (χ0n) is 9.20. The Hall–Kier alpha value is -1.29. The Morgan fingerprint density at radius 1 is 1.59 bits per heavy atom. The third-order valence-corrected chi connectivity index (χ3v) is 3.32. The molecule has 1 aromatic rings. The lowest BCUT2D eigenvalue weighted by Crippen LogP contribution is -2.20. The fourth-order valence-corrected chi connectivity index (χ4v) is 2.28. The van der Waals surface area contributed by atoms with Gasteiger partial charge in [-0.05, 0) is 30.5 Å². The van der Waals surface area contributed by atoms with E-state index >= 15 is 0 Å². The Morgan fingerprint density at radius 3 is 3.00 bits per heavy atom. The van der Waals surface area contributed by atoms with E-state index in [0.717, 1.165) is 18.7 Å². The number of halogens is 2. The molecule has 1 atom stereocenters. The first-order chi connectivity index (χ1) is 8.06. The first-order valence-electron chi connectivity index (χ1n) is 5.48. The molecule has 2 rings (SSSR count). The molecule has 1 fully saturated rings. The van der Waals surface area contributed by atoms with Crippen LogP contribution in [-0.2, 0) is 4.79 Å². The first kappa shape index (κ1) is 12.2. The van der Waals surface area contributed by atoms with Crippen molar-refractivity contribution in [1.29, 1.82) is 0 Å². The van der Waals surface area contributed by atoms with Gasteiger partial charge >= 0.3 is 5.97 Å². The third-order valence-electron chi connectivity index (χ3n) is 3.02. The number of hydrogen-bond acceptors (Lipinski definition) is 2. The Bertz CT molecular complexity index is 439. The number of anilines is 1. The lowest BCUT2D eigenvalue weighted by molar-refractivity contribution is -0.137. The third kappa shape index (κ3) is 2.88. The van der Waals surface area contributed by atoms with Gasteiger partial charge in [-0.15, -0.1) is 0 Å². The van der Waals surface area contributed by atoms with Gasteiger partial charge in [-0.2, -0.15) is 0 Å². The van der Waals surface area contributed by atoms with E-state index in [2.05, 4.69) is 0 Å². The second-order valence-corrected chi connectivity index (χ2v) is 4.70. The fourth-order valence-electron chi connectivity index (χ4n) is 2.16. The van der Waals surface area contributed by atoms with E-state index in [1.165, 1.54) is 12.1 Å². The predicted octanol–water partition coefficient (Wildman–Crippen LogP) is 2.78. The van der Waals surface area contributed by atoms with E-state index in [9.17, 15) is 9.18 Å². The van der Waals surface area contributed by atoms with E-state index in [4.69, 9.17) is 16.7 Å². The molecule has 0 unspecified atom stereocenters. The van der Waals surface area contributed by atoms with Gasteiger partial charge in [-0.3, -0.25) is 4.79 Å². The van der Waals surface area contributed by atoms with Crippen molar-refractivity contribution in [2.75, 3.05) is 18.0 Å². The number of nitrogens with zero attached hydrogens (tertiary/aromatic N) is 1. The molecule has 1 aromatic carbocycles. The lowest BCUT2D eigenvalue weighted by atomic mass is 10.1.